The van der Waals surface area contributed by atoms with Crippen LogP contribution in [0.2, 0.25) is 0 Å². The molecule has 2 aromatic carbocycles. The van der Waals surface area contributed by atoms with Gasteiger partial charge in [0.25, 0.3) is 5.91 Å². The Morgan fingerprint density at radius 3 is 2.57 bits per heavy atom. The van der Waals surface area contributed by atoms with Gasteiger partial charge in [0.15, 0.2) is 0 Å². The van der Waals surface area contributed by atoms with Gasteiger partial charge >= 0.3 is 6.18 Å². The fourth-order valence-electron chi connectivity index (χ4n) is 2.96. The van der Waals surface area contributed by atoms with Crippen LogP contribution in [0.4, 0.5) is 18.9 Å². The van der Waals surface area contributed by atoms with Crippen LogP contribution in [0.5, 0.6) is 5.75 Å². The van der Waals surface area contributed by atoms with Crippen molar-refractivity contribution in [1.29, 1.82) is 0 Å². The maximum absolute atomic E-state index is 12.7. The highest BCUT2D eigenvalue weighted by atomic mass is 19.4. The third kappa shape index (κ3) is 5.73. The van der Waals surface area contributed by atoms with Gasteiger partial charge in [-0.2, -0.15) is 13.2 Å². The van der Waals surface area contributed by atoms with Crippen LogP contribution in [-0.4, -0.2) is 38.2 Å². The number of guanidine groups is 1. The first-order valence-electron chi connectivity index (χ1n) is 9.41. The van der Waals surface area contributed by atoms with E-state index in [1.54, 1.807) is 24.3 Å². The second kappa shape index (κ2) is 9.62. The molecule has 1 fully saturated rings. The molecule has 6 nitrogen and oxygen atoms in total. The molecule has 2 N–H and O–H groups in total. The van der Waals surface area contributed by atoms with Gasteiger partial charge in [0, 0.05) is 12.2 Å². The number of halogens is 3. The number of carbonyl (C=O) groups excluding carboxylic acids is 1. The van der Waals surface area contributed by atoms with Crippen molar-refractivity contribution >= 4 is 17.6 Å². The highest BCUT2D eigenvalue weighted by Gasteiger charge is 2.30. The van der Waals surface area contributed by atoms with Gasteiger partial charge < -0.3 is 14.8 Å². The molecule has 9 heteroatoms. The molecule has 0 bridgehead atoms. The molecule has 0 aliphatic carbocycles. The van der Waals surface area contributed by atoms with E-state index in [1.807, 2.05) is 0 Å². The highest BCUT2D eigenvalue weighted by molar-refractivity contribution is 6.10. The smallest absolute Gasteiger partial charge is 0.416 e. The Labute approximate surface area is 172 Å². The number of ether oxygens (including phenoxy) is 2. The lowest BCUT2D eigenvalue weighted by atomic mass is 10.1. The van der Waals surface area contributed by atoms with Gasteiger partial charge in [-0.05, 0) is 49.2 Å². The van der Waals surface area contributed by atoms with E-state index in [0.717, 1.165) is 37.1 Å². The SMILES string of the molecule is COc1ccccc1NC(=NC[C@H]1CCCO1)NC(=O)c1ccc(C(F)(F)F)cc1. The second-order valence-electron chi connectivity index (χ2n) is 6.68. The Balaban J connectivity index is 1.77. The number of hydrogen-bond acceptors (Lipinski definition) is 4. The molecule has 0 spiro atoms. The van der Waals surface area contributed by atoms with Crippen LogP contribution in [0, 0.1) is 0 Å². The summed E-state index contributed by atoms with van der Waals surface area (Å²) >= 11 is 0. The molecule has 1 heterocycles. The van der Waals surface area contributed by atoms with Gasteiger partial charge in [-0.3, -0.25) is 10.1 Å². The van der Waals surface area contributed by atoms with Gasteiger partial charge in [-0.15, -0.1) is 0 Å². The van der Waals surface area contributed by atoms with E-state index in [1.165, 1.54) is 7.11 Å². The van der Waals surface area contributed by atoms with Crippen molar-refractivity contribution in [3.63, 3.8) is 0 Å². The number of aliphatic imine (C=N–C) groups is 1. The van der Waals surface area contributed by atoms with E-state index in [0.29, 0.717) is 24.6 Å². The summed E-state index contributed by atoms with van der Waals surface area (Å²) in [4.78, 5) is 17.0. The Morgan fingerprint density at radius 1 is 1.20 bits per heavy atom. The largest absolute Gasteiger partial charge is 0.495 e. The molecule has 160 valence electrons. The molecule has 1 amide bonds. The van der Waals surface area contributed by atoms with E-state index in [2.05, 4.69) is 15.6 Å². The summed E-state index contributed by atoms with van der Waals surface area (Å²) in [6.07, 6.45) is -2.68. The third-order valence-electron chi connectivity index (χ3n) is 4.54. The Bertz CT molecular complexity index is 892. The summed E-state index contributed by atoms with van der Waals surface area (Å²) in [7, 11) is 1.52. The molecule has 1 aliphatic heterocycles. The summed E-state index contributed by atoms with van der Waals surface area (Å²) in [5.74, 6) is 0.114. The predicted molar refractivity (Wildman–Crippen MR) is 107 cm³/mol. The van der Waals surface area contributed by atoms with Crippen molar-refractivity contribution < 1.29 is 27.4 Å². The number of hydrogen-bond donors (Lipinski definition) is 2. The molecular weight excluding hydrogens is 399 g/mol. The van der Waals surface area contributed by atoms with Crippen LogP contribution >= 0.6 is 0 Å². The molecule has 3 rings (SSSR count). The van der Waals surface area contributed by atoms with E-state index in [9.17, 15) is 18.0 Å². The zero-order chi connectivity index (χ0) is 21.6. The van der Waals surface area contributed by atoms with Gasteiger partial charge in [0.05, 0.1) is 31.0 Å². The zero-order valence-corrected chi connectivity index (χ0v) is 16.3. The molecule has 2 aromatic rings. The second-order valence-corrected chi connectivity index (χ2v) is 6.68. The fraction of sp³-hybridized carbons (Fsp3) is 0.333. The average molecular weight is 421 g/mol. The van der Waals surface area contributed by atoms with Crippen LogP contribution in [0.15, 0.2) is 53.5 Å². The summed E-state index contributed by atoms with van der Waals surface area (Å²) in [5, 5.41) is 5.64. The number of methoxy groups -OCH3 is 1. The van der Waals surface area contributed by atoms with Crippen molar-refractivity contribution in [2.24, 2.45) is 4.99 Å². The maximum Gasteiger partial charge on any atom is 0.416 e. The van der Waals surface area contributed by atoms with Gasteiger partial charge in [0.2, 0.25) is 5.96 Å². The van der Waals surface area contributed by atoms with Gasteiger partial charge in [0.1, 0.15) is 5.75 Å². The molecule has 1 saturated heterocycles. The Hall–Kier alpha value is -3.07. The summed E-state index contributed by atoms with van der Waals surface area (Å²) in [6, 6.07) is 11.1. The molecular formula is C21H22F3N3O3. The quantitative estimate of drug-likeness (QED) is 0.564. The van der Waals surface area contributed by atoms with E-state index >= 15 is 0 Å². The molecule has 0 saturated carbocycles. The van der Waals surface area contributed by atoms with Crippen molar-refractivity contribution in [3.8, 4) is 5.75 Å². The molecule has 30 heavy (non-hydrogen) atoms. The predicted octanol–water partition coefficient (Wildman–Crippen LogP) is 4.09. The summed E-state index contributed by atoms with van der Waals surface area (Å²) < 4.78 is 49.1. The van der Waals surface area contributed by atoms with Crippen LogP contribution in [0.3, 0.4) is 0 Å². The van der Waals surface area contributed by atoms with Crippen LogP contribution in [0.1, 0.15) is 28.8 Å². The van der Waals surface area contributed by atoms with Gasteiger partial charge in [-0.1, -0.05) is 12.1 Å². The van der Waals surface area contributed by atoms with Crippen LogP contribution < -0.4 is 15.4 Å². The lowest BCUT2D eigenvalue weighted by Gasteiger charge is -2.15. The van der Waals surface area contributed by atoms with Crippen molar-refractivity contribution in [2.45, 2.75) is 25.1 Å². The third-order valence-corrected chi connectivity index (χ3v) is 4.54. The van der Waals surface area contributed by atoms with Gasteiger partial charge in [-0.25, -0.2) is 4.99 Å². The molecule has 0 aromatic heterocycles. The molecule has 0 unspecified atom stereocenters. The molecule has 1 atom stereocenters. The number of nitrogens with one attached hydrogen (secondary N) is 2. The number of nitrogens with zero attached hydrogens (tertiary/aromatic N) is 1. The number of alkyl halides is 3. The lowest BCUT2D eigenvalue weighted by Crippen LogP contribution is -2.37. The van der Waals surface area contributed by atoms with E-state index in [4.69, 9.17) is 9.47 Å². The average Bonchev–Trinajstić information content (AvgIpc) is 3.25. The van der Waals surface area contributed by atoms with Crippen molar-refractivity contribution in [2.75, 3.05) is 25.6 Å². The van der Waals surface area contributed by atoms with E-state index < -0.39 is 17.6 Å². The maximum atomic E-state index is 12.7. The number of anilines is 1. The lowest BCUT2D eigenvalue weighted by molar-refractivity contribution is -0.137. The van der Waals surface area contributed by atoms with Crippen molar-refractivity contribution in [1.82, 2.24) is 5.32 Å². The monoisotopic (exact) mass is 421 g/mol. The topological polar surface area (TPSA) is 71.9 Å². The minimum Gasteiger partial charge on any atom is -0.495 e. The first-order chi connectivity index (χ1) is 14.4. The van der Waals surface area contributed by atoms with E-state index in [-0.39, 0.29) is 17.6 Å². The number of benzene rings is 2. The molecule has 0 radical (unpaired) electrons. The fourth-order valence-corrected chi connectivity index (χ4v) is 2.96. The number of para-hydroxylation sites is 2. The Kier molecular flexibility index (Phi) is 6.94. The number of carbonyl (C=O) groups is 1. The van der Waals surface area contributed by atoms with Crippen LogP contribution in [-0.2, 0) is 10.9 Å². The van der Waals surface area contributed by atoms with Crippen LogP contribution in [0.25, 0.3) is 0 Å². The minimum atomic E-state index is -4.46. The summed E-state index contributed by atoms with van der Waals surface area (Å²) in [6.45, 7) is 1.01. The van der Waals surface area contributed by atoms with Crippen molar-refractivity contribution in [3.05, 3.63) is 59.7 Å². The zero-order valence-electron chi connectivity index (χ0n) is 16.3. The highest BCUT2D eigenvalue weighted by Crippen LogP contribution is 2.29. The first-order valence-corrected chi connectivity index (χ1v) is 9.41. The first kappa shape index (κ1) is 21.6. The standard InChI is InChI=1S/C21H22F3N3O3/c1-29-18-7-3-2-6-17(18)26-20(25-13-16-5-4-12-30-16)27-19(28)14-8-10-15(11-9-14)21(22,23)24/h2-3,6-11,16H,4-5,12-13H2,1H3,(H2,25,26,27,28)/t16-/m1/s1. The summed E-state index contributed by atoms with van der Waals surface area (Å²) in [5.41, 5.74) is -0.160. The minimum absolute atomic E-state index is 0.0394. The Morgan fingerprint density at radius 2 is 1.93 bits per heavy atom. The normalized spacial score (nSPS) is 16.9. The number of amides is 1. The molecule has 1 aliphatic rings. The number of rotatable bonds is 5.